The van der Waals surface area contributed by atoms with Gasteiger partial charge in [0.15, 0.2) is 0 Å². The number of aliphatic carboxylic acids is 1. The molecule has 4 rings (SSSR count). The minimum absolute atomic E-state index is 0.144. The Morgan fingerprint density at radius 2 is 1.58 bits per heavy atom. The summed E-state index contributed by atoms with van der Waals surface area (Å²) in [7, 11) is -2.66. The molecule has 13 heteroatoms. The van der Waals surface area contributed by atoms with Gasteiger partial charge in [0.25, 0.3) is 5.91 Å². The van der Waals surface area contributed by atoms with Gasteiger partial charge in [-0.05, 0) is 47.9 Å². The molecule has 3 aromatic carbocycles. The van der Waals surface area contributed by atoms with Crippen LogP contribution in [0.15, 0.2) is 78.9 Å². The van der Waals surface area contributed by atoms with Crippen LogP contribution in [0.25, 0.3) is 0 Å². The highest BCUT2D eigenvalue weighted by Crippen LogP contribution is 2.28. The van der Waals surface area contributed by atoms with E-state index in [1.54, 1.807) is 54.6 Å². The van der Waals surface area contributed by atoms with Crippen molar-refractivity contribution in [2.45, 2.75) is 32.0 Å². The van der Waals surface area contributed by atoms with Crippen molar-refractivity contribution in [3.63, 3.8) is 0 Å². The molecule has 1 aliphatic rings. The molecule has 226 valence electrons. The van der Waals surface area contributed by atoms with E-state index in [-0.39, 0.29) is 25.2 Å². The van der Waals surface area contributed by atoms with Gasteiger partial charge in [0.05, 0.1) is 19.3 Å². The van der Waals surface area contributed by atoms with Crippen molar-refractivity contribution in [1.82, 2.24) is 9.62 Å². The van der Waals surface area contributed by atoms with Crippen LogP contribution in [0.3, 0.4) is 0 Å². The fourth-order valence-corrected chi connectivity index (χ4v) is 6.31. The number of nitrogens with zero attached hydrogens (tertiary/aromatic N) is 2. The standard InChI is InChI=1S/C30H32N4O8S/c1-19(35)27(28(31)22-6-4-3-5-7-22)29(37)32-25(30(38)39)16-20-8-12-23(13-9-20)33-18-26(36)34(43(33,40)41)17-21-10-14-24(42-2)15-11-21/h3-15,25,27-28H,16-18,31H2,1-2H3,(H,32,37)(H,38,39)/t25-,27?,28?/m0/s1. The highest BCUT2D eigenvalue weighted by atomic mass is 32.2. The Hall–Kier alpha value is -4.75. The molecule has 3 atom stereocenters. The van der Waals surface area contributed by atoms with E-state index < -0.39 is 51.8 Å². The third-order valence-corrected chi connectivity index (χ3v) is 8.93. The third kappa shape index (κ3) is 7.01. The zero-order valence-electron chi connectivity index (χ0n) is 23.5. The molecule has 12 nitrogen and oxygen atoms in total. The number of anilines is 1. The van der Waals surface area contributed by atoms with Crippen LogP contribution in [0.5, 0.6) is 5.75 Å². The SMILES string of the molecule is COc1ccc(CN2C(=O)CN(c3ccc(C[C@H](NC(=O)C(C(C)=O)C(N)c4ccccc4)C(=O)O)cc3)S2(=O)=O)cc1. The summed E-state index contributed by atoms with van der Waals surface area (Å²) in [5.74, 6) is -3.95. The largest absolute Gasteiger partial charge is 0.497 e. The first-order chi connectivity index (χ1) is 20.4. The Balaban J connectivity index is 1.45. The van der Waals surface area contributed by atoms with Gasteiger partial charge in [-0.1, -0.05) is 54.6 Å². The van der Waals surface area contributed by atoms with Crippen molar-refractivity contribution in [3.8, 4) is 5.75 Å². The van der Waals surface area contributed by atoms with E-state index in [0.717, 1.165) is 8.61 Å². The number of ether oxygens (including phenoxy) is 1. The number of nitrogens with two attached hydrogens (primary N) is 1. The van der Waals surface area contributed by atoms with Crippen LogP contribution in [-0.4, -0.2) is 61.1 Å². The molecule has 1 heterocycles. The van der Waals surface area contributed by atoms with Crippen molar-refractivity contribution in [1.29, 1.82) is 0 Å². The Kier molecular flexibility index (Phi) is 9.46. The lowest BCUT2D eigenvalue weighted by Gasteiger charge is -2.24. The van der Waals surface area contributed by atoms with E-state index in [1.807, 2.05) is 0 Å². The number of ketones is 1. The summed E-state index contributed by atoms with van der Waals surface area (Å²) < 4.78 is 33.3. The number of carbonyl (C=O) groups is 4. The number of rotatable bonds is 12. The van der Waals surface area contributed by atoms with Gasteiger partial charge < -0.3 is 20.9 Å². The van der Waals surface area contributed by atoms with Crippen LogP contribution < -0.4 is 20.1 Å². The second-order valence-corrected chi connectivity index (χ2v) is 11.8. The quantitative estimate of drug-likeness (QED) is 0.259. The normalized spacial score (nSPS) is 16.3. The van der Waals surface area contributed by atoms with Gasteiger partial charge in [-0.15, -0.1) is 0 Å². The van der Waals surface area contributed by atoms with Gasteiger partial charge in [-0.25, -0.2) is 13.4 Å². The van der Waals surface area contributed by atoms with E-state index in [0.29, 0.717) is 22.4 Å². The number of carboxylic acid groups (broad SMARTS) is 1. The molecule has 1 fully saturated rings. The maximum absolute atomic E-state index is 13.2. The molecule has 0 spiro atoms. The summed E-state index contributed by atoms with van der Waals surface area (Å²) >= 11 is 0. The molecule has 0 aliphatic carbocycles. The molecule has 3 aromatic rings. The average Bonchev–Trinajstić information content (AvgIpc) is 3.21. The Morgan fingerprint density at radius 3 is 2.14 bits per heavy atom. The van der Waals surface area contributed by atoms with E-state index in [9.17, 15) is 32.7 Å². The number of amides is 2. The van der Waals surface area contributed by atoms with Gasteiger partial charge in [0.1, 0.15) is 30.0 Å². The Bertz CT molecular complexity index is 1600. The lowest BCUT2D eigenvalue weighted by molar-refractivity contribution is -0.144. The Morgan fingerprint density at radius 1 is 0.977 bits per heavy atom. The van der Waals surface area contributed by atoms with E-state index in [2.05, 4.69) is 5.32 Å². The van der Waals surface area contributed by atoms with E-state index >= 15 is 0 Å². The van der Waals surface area contributed by atoms with Crippen molar-refractivity contribution < 1.29 is 37.4 Å². The van der Waals surface area contributed by atoms with Crippen LogP contribution in [0.2, 0.25) is 0 Å². The third-order valence-electron chi connectivity index (χ3n) is 7.14. The maximum atomic E-state index is 13.2. The number of hydrogen-bond donors (Lipinski definition) is 3. The molecular formula is C30H32N4O8S. The van der Waals surface area contributed by atoms with Crippen molar-refractivity contribution in [2.24, 2.45) is 11.7 Å². The van der Waals surface area contributed by atoms with Crippen molar-refractivity contribution in [2.75, 3.05) is 18.0 Å². The van der Waals surface area contributed by atoms with Crippen LogP contribution in [0.4, 0.5) is 5.69 Å². The highest BCUT2D eigenvalue weighted by Gasteiger charge is 2.42. The second-order valence-electron chi connectivity index (χ2n) is 10.1. The molecule has 2 amide bonds. The van der Waals surface area contributed by atoms with Crippen molar-refractivity contribution >= 4 is 39.5 Å². The zero-order chi connectivity index (χ0) is 31.3. The topological polar surface area (TPSA) is 176 Å². The second kappa shape index (κ2) is 13.0. The zero-order valence-corrected chi connectivity index (χ0v) is 24.4. The lowest BCUT2D eigenvalue weighted by Crippen LogP contribution is -2.48. The maximum Gasteiger partial charge on any atom is 0.329 e. The van der Waals surface area contributed by atoms with Crippen LogP contribution in [0.1, 0.15) is 29.7 Å². The van der Waals surface area contributed by atoms with Gasteiger partial charge in [-0.3, -0.25) is 14.4 Å². The number of methoxy groups -OCH3 is 1. The minimum atomic E-state index is -4.17. The molecule has 0 radical (unpaired) electrons. The number of carboxylic acids is 1. The first-order valence-electron chi connectivity index (χ1n) is 13.3. The number of Topliss-reactive ketones (excluding diaryl/α,β-unsaturated/α-hetero) is 1. The monoisotopic (exact) mass is 608 g/mol. The molecule has 2 unspecified atom stereocenters. The number of nitrogens with one attached hydrogen (secondary N) is 1. The average molecular weight is 609 g/mol. The highest BCUT2D eigenvalue weighted by molar-refractivity contribution is 7.91. The molecule has 0 saturated carbocycles. The van der Waals surface area contributed by atoms with Gasteiger partial charge in [-0.2, -0.15) is 8.42 Å². The van der Waals surface area contributed by atoms with E-state index in [1.165, 1.54) is 38.3 Å². The fourth-order valence-electron chi connectivity index (χ4n) is 4.79. The molecule has 0 aromatic heterocycles. The molecule has 43 heavy (non-hydrogen) atoms. The summed E-state index contributed by atoms with van der Waals surface area (Å²) in [6.07, 6.45) is -0.151. The van der Waals surface area contributed by atoms with Crippen LogP contribution >= 0.6 is 0 Å². The smallest absolute Gasteiger partial charge is 0.329 e. The molecule has 1 saturated heterocycles. The predicted octanol–water partition coefficient (Wildman–Crippen LogP) is 1.81. The first-order valence-corrected chi connectivity index (χ1v) is 14.7. The molecular weight excluding hydrogens is 576 g/mol. The van der Waals surface area contributed by atoms with Crippen LogP contribution in [-0.2, 0) is 42.4 Å². The van der Waals surface area contributed by atoms with Gasteiger partial charge >= 0.3 is 16.2 Å². The summed E-state index contributed by atoms with van der Waals surface area (Å²) in [5.41, 5.74) is 8.05. The first kappa shape index (κ1) is 31.2. The summed E-state index contributed by atoms with van der Waals surface area (Å²) in [6.45, 7) is 0.686. The van der Waals surface area contributed by atoms with E-state index in [4.69, 9.17) is 10.5 Å². The number of carbonyl (C=O) groups excluding carboxylic acids is 3. The lowest BCUT2D eigenvalue weighted by atomic mass is 9.89. The van der Waals surface area contributed by atoms with Crippen molar-refractivity contribution in [3.05, 3.63) is 95.6 Å². The predicted molar refractivity (Wildman–Crippen MR) is 157 cm³/mol. The number of hydrogen-bond acceptors (Lipinski definition) is 8. The molecule has 0 bridgehead atoms. The van der Waals surface area contributed by atoms with Gasteiger partial charge in [0, 0.05) is 12.5 Å². The van der Waals surface area contributed by atoms with Crippen LogP contribution in [0, 0.1) is 5.92 Å². The summed E-state index contributed by atoms with van der Waals surface area (Å²) in [5, 5.41) is 12.2. The fraction of sp³-hybridized carbons (Fsp3) is 0.267. The van der Waals surface area contributed by atoms with Gasteiger partial charge in [0.2, 0.25) is 5.91 Å². The minimum Gasteiger partial charge on any atom is -0.497 e. The summed E-state index contributed by atoms with van der Waals surface area (Å²) in [6, 6.07) is 18.8. The molecule has 1 aliphatic heterocycles. The Labute approximate surface area is 249 Å². The summed E-state index contributed by atoms with van der Waals surface area (Å²) in [4.78, 5) is 50.1. The number of benzene rings is 3. The molecule has 4 N–H and O–H groups in total.